The predicted molar refractivity (Wildman–Crippen MR) is 80.7 cm³/mol. The van der Waals surface area contributed by atoms with Crippen LogP contribution in [0.25, 0.3) is 0 Å². The second-order valence-corrected chi connectivity index (χ2v) is 4.69. The van der Waals surface area contributed by atoms with Crippen LogP contribution in [0.1, 0.15) is 23.2 Å². The Balaban J connectivity index is 0.00000484. The molecule has 1 amide bonds. The molecule has 0 aliphatic rings. The van der Waals surface area contributed by atoms with E-state index >= 15 is 0 Å². The van der Waals surface area contributed by atoms with Crippen LogP contribution < -0.4 is 10.6 Å². The van der Waals surface area contributed by atoms with Crippen molar-refractivity contribution in [2.45, 2.75) is 31.1 Å². The Labute approximate surface area is 137 Å². The lowest BCUT2D eigenvalue weighted by molar-refractivity contribution is -0.157. The van der Waals surface area contributed by atoms with Crippen molar-refractivity contribution in [3.8, 4) is 0 Å². The first-order chi connectivity index (χ1) is 10.3. The highest BCUT2D eigenvalue weighted by Gasteiger charge is 2.39. The van der Waals surface area contributed by atoms with Gasteiger partial charge in [-0.15, -0.1) is 12.4 Å². The lowest BCUT2D eigenvalue weighted by Crippen LogP contribution is -2.45. The number of aliphatic carboxylic acids is 1. The van der Waals surface area contributed by atoms with Gasteiger partial charge in [0.05, 0.1) is 0 Å². The highest BCUT2D eigenvalue weighted by Crippen LogP contribution is 2.23. The van der Waals surface area contributed by atoms with Crippen molar-refractivity contribution in [2.24, 2.45) is 0 Å². The molecule has 0 spiro atoms. The predicted octanol–water partition coefficient (Wildman–Crippen LogP) is 2.22. The van der Waals surface area contributed by atoms with E-state index in [1.54, 1.807) is 18.2 Å². The SMILES string of the molecule is CN[C@@H](CC[C@H](NC(=O)c1ccccc1)C(=O)O)C(F)(F)F.Cl. The summed E-state index contributed by atoms with van der Waals surface area (Å²) in [6.45, 7) is 0. The van der Waals surface area contributed by atoms with Crippen LogP contribution in [0.2, 0.25) is 0 Å². The first kappa shape index (κ1) is 21.2. The normalized spacial score (nSPS) is 13.6. The Morgan fingerprint density at radius 1 is 1.17 bits per heavy atom. The minimum absolute atomic E-state index is 0. The van der Waals surface area contributed by atoms with Gasteiger partial charge in [-0.2, -0.15) is 13.2 Å². The molecule has 9 heteroatoms. The van der Waals surface area contributed by atoms with E-state index in [0.29, 0.717) is 0 Å². The quantitative estimate of drug-likeness (QED) is 0.701. The number of benzene rings is 1. The Kier molecular flexibility index (Phi) is 8.63. The number of carbonyl (C=O) groups is 2. The van der Waals surface area contributed by atoms with E-state index in [2.05, 4.69) is 10.6 Å². The van der Waals surface area contributed by atoms with Crippen LogP contribution in [0, 0.1) is 0 Å². The van der Waals surface area contributed by atoms with E-state index in [-0.39, 0.29) is 24.4 Å². The maximum atomic E-state index is 12.6. The zero-order valence-electron chi connectivity index (χ0n) is 12.3. The highest BCUT2D eigenvalue weighted by molar-refractivity contribution is 5.96. The molecule has 2 atom stereocenters. The molecule has 130 valence electrons. The lowest BCUT2D eigenvalue weighted by Gasteiger charge is -2.21. The maximum Gasteiger partial charge on any atom is 0.403 e. The van der Waals surface area contributed by atoms with Gasteiger partial charge in [0.25, 0.3) is 5.91 Å². The summed E-state index contributed by atoms with van der Waals surface area (Å²) in [5, 5.41) is 13.4. The third-order valence-electron chi connectivity index (χ3n) is 3.13. The summed E-state index contributed by atoms with van der Waals surface area (Å²) < 4.78 is 37.8. The van der Waals surface area contributed by atoms with E-state index in [1.165, 1.54) is 12.1 Å². The number of rotatable bonds is 7. The molecule has 1 aromatic carbocycles. The zero-order valence-corrected chi connectivity index (χ0v) is 13.1. The summed E-state index contributed by atoms with van der Waals surface area (Å²) in [6, 6.07) is 4.66. The summed E-state index contributed by atoms with van der Waals surface area (Å²) in [6.07, 6.45) is -5.26. The Bertz CT molecular complexity index is 512. The van der Waals surface area contributed by atoms with Crippen LogP contribution in [0.4, 0.5) is 13.2 Å². The van der Waals surface area contributed by atoms with Crippen LogP contribution in [-0.2, 0) is 4.79 Å². The Hall–Kier alpha value is -1.80. The number of carboxylic acids is 1. The van der Waals surface area contributed by atoms with E-state index < -0.39 is 36.6 Å². The van der Waals surface area contributed by atoms with Gasteiger partial charge in [0.2, 0.25) is 0 Å². The van der Waals surface area contributed by atoms with Crippen molar-refractivity contribution < 1.29 is 27.9 Å². The van der Waals surface area contributed by atoms with Crippen molar-refractivity contribution in [2.75, 3.05) is 7.05 Å². The summed E-state index contributed by atoms with van der Waals surface area (Å²) in [4.78, 5) is 23.0. The van der Waals surface area contributed by atoms with Gasteiger partial charge in [-0.3, -0.25) is 4.79 Å². The largest absolute Gasteiger partial charge is 0.480 e. The van der Waals surface area contributed by atoms with Gasteiger partial charge < -0.3 is 15.7 Å². The molecule has 0 unspecified atom stereocenters. The zero-order chi connectivity index (χ0) is 16.8. The van der Waals surface area contributed by atoms with E-state index in [4.69, 9.17) is 5.11 Å². The monoisotopic (exact) mass is 354 g/mol. The van der Waals surface area contributed by atoms with Crippen molar-refractivity contribution >= 4 is 24.3 Å². The molecular weight excluding hydrogens is 337 g/mol. The molecular formula is C14H18ClF3N2O3. The number of hydrogen-bond acceptors (Lipinski definition) is 3. The van der Waals surface area contributed by atoms with Gasteiger partial charge in [0.1, 0.15) is 12.1 Å². The molecule has 0 bridgehead atoms. The molecule has 1 aromatic rings. The number of amides is 1. The maximum absolute atomic E-state index is 12.6. The Morgan fingerprint density at radius 3 is 2.17 bits per heavy atom. The fourth-order valence-electron chi connectivity index (χ4n) is 1.89. The second-order valence-electron chi connectivity index (χ2n) is 4.69. The Morgan fingerprint density at radius 2 is 1.74 bits per heavy atom. The third-order valence-corrected chi connectivity index (χ3v) is 3.13. The standard InChI is InChI=1S/C14H17F3N2O3.ClH/c1-18-11(14(15,16)17)8-7-10(13(21)22)19-12(20)9-5-3-2-4-6-9;/h2-6,10-11,18H,7-8H2,1H3,(H,19,20)(H,21,22);1H/t10-,11-;/m0./s1. The number of carbonyl (C=O) groups excluding carboxylic acids is 1. The molecule has 0 radical (unpaired) electrons. The third kappa shape index (κ3) is 6.87. The smallest absolute Gasteiger partial charge is 0.403 e. The molecule has 0 heterocycles. The van der Waals surface area contributed by atoms with Crippen LogP contribution in [0.15, 0.2) is 30.3 Å². The average molecular weight is 355 g/mol. The lowest BCUT2D eigenvalue weighted by atomic mass is 10.1. The van der Waals surface area contributed by atoms with Gasteiger partial charge in [-0.1, -0.05) is 18.2 Å². The molecule has 5 nitrogen and oxygen atoms in total. The number of alkyl halides is 3. The fraction of sp³-hybridized carbons (Fsp3) is 0.429. The molecule has 0 aromatic heterocycles. The van der Waals surface area contributed by atoms with Crippen molar-refractivity contribution in [3.05, 3.63) is 35.9 Å². The van der Waals surface area contributed by atoms with Gasteiger partial charge >= 0.3 is 12.1 Å². The second kappa shape index (κ2) is 9.36. The number of hydrogen-bond donors (Lipinski definition) is 3. The van der Waals surface area contributed by atoms with Gasteiger partial charge in [-0.05, 0) is 32.0 Å². The molecule has 1 rings (SSSR count). The molecule has 0 aliphatic heterocycles. The van der Waals surface area contributed by atoms with Crippen molar-refractivity contribution in [3.63, 3.8) is 0 Å². The topological polar surface area (TPSA) is 78.4 Å². The van der Waals surface area contributed by atoms with Gasteiger partial charge in [0.15, 0.2) is 0 Å². The van der Waals surface area contributed by atoms with Crippen LogP contribution in [-0.4, -0.2) is 42.3 Å². The van der Waals surface area contributed by atoms with E-state index in [1.807, 2.05) is 0 Å². The van der Waals surface area contributed by atoms with E-state index in [9.17, 15) is 22.8 Å². The minimum Gasteiger partial charge on any atom is -0.480 e. The van der Waals surface area contributed by atoms with Crippen LogP contribution in [0.3, 0.4) is 0 Å². The van der Waals surface area contributed by atoms with Crippen molar-refractivity contribution in [1.82, 2.24) is 10.6 Å². The summed E-state index contributed by atoms with van der Waals surface area (Å²) in [7, 11) is 1.15. The summed E-state index contributed by atoms with van der Waals surface area (Å²) >= 11 is 0. The number of halogens is 4. The van der Waals surface area contributed by atoms with E-state index in [0.717, 1.165) is 7.05 Å². The summed E-state index contributed by atoms with van der Waals surface area (Å²) in [5.41, 5.74) is 0.245. The van der Waals surface area contributed by atoms with Crippen molar-refractivity contribution in [1.29, 1.82) is 0 Å². The molecule has 0 saturated heterocycles. The highest BCUT2D eigenvalue weighted by atomic mass is 35.5. The molecule has 0 aliphatic carbocycles. The molecule has 0 fully saturated rings. The first-order valence-electron chi connectivity index (χ1n) is 6.58. The summed E-state index contributed by atoms with van der Waals surface area (Å²) in [5.74, 6) is -2.01. The van der Waals surface area contributed by atoms with Gasteiger partial charge in [-0.25, -0.2) is 4.79 Å². The first-order valence-corrected chi connectivity index (χ1v) is 6.58. The minimum atomic E-state index is -4.47. The van der Waals surface area contributed by atoms with Crippen LogP contribution >= 0.6 is 12.4 Å². The average Bonchev–Trinajstić information content (AvgIpc) is 2.45. The fourth-order valence-corrected chi connectivity index (χ4v) is 1.89. The van der Waals surface area contributed by atoms with Gasteiger partial charge in [0, 0.05) is 5.56 Å². The van der Waals surface area contributed by atoms with Crippen LogP contribution in [0.5, 0.6) is 0 Å². The number of carboxylic acid groups (broad SMARTS) is 1. The molecule has 23 heavy (non-hydrogen) atoms. The molecule has 0 saturated carbocycles. The number of nitrogens with one attached hydrogen (secondary N) is 2. The molecule has 3 N–H and O–H groups in total.